The van der Waals surface area contributed by atoms with E-state index in [4.69, 9.17) is 5.11 Å². The van der Waals surface area contributed by atoms with Crippen LogP contribution in [0.2, 0.25) is 0 Å². The molecule has 4 heteroatoms. The van der Waals surface area contributed by atoms with Crippen molar-refractivity contribution in [2.75, 3.05) is 11.9 Å². The molecular formula is C14H19NO3. The molecule has 0 fully saturated rings. The van der Waals surface area contributed by atoms with Gasteiger partial charge < -0.3 is 10.0 Å². The van der Waals surface area contributed by atoms with Crippen LogP contribution in [0.4, 0.5) is 5.69 Å². The molecule has 0 spiro atoms. The minimum Gasteiger partial charge on any atom is -0.481 e. The van der Waals surface area contributed by atoms with E-state index >= 15 is 0 Å². The van der Waals surface area contributed by atoms with Gasteiger partial charge in [0.05, 0.1) is 5.92 Å². The topological polar surface area (TPSA) is 57.6 Å². The molecule has 1 rings (SSSR count). The van der Waals surface area contributed by atoms with Gasteiger partial charge in [0, 0.05) is 18.7 Å². The number of anilines is 1. The lowest BCUT2D eigenvalue weighted by Crippen LogP contribution is -2.36. The summed E-state index contributed by atoms with van der Waals surface area (Å²) < 4.78 is 0. The summed E-state index contributed by atoms with van der Waals surface area (Å²) in [4.78, 5) is 24.5. The van der Waals surface area contributed by atoms with Crippen LogP contribution in [0, 0.1) is 18.8 Å². The zero-order chi connectivity index (χ0) is 13.9. The van der Waals surface area contributed by atoms with Gasteiger partial charge in [-0.2, -0.15) is 0 Å². The summed E-state index contributed by atoms with van der Waals surface area (Å²) in [6.07, 6.45) is 0. The highest BCUT2D eigenvalue weighted by Crippen LogP contribution is 2.19. The number of hydrogen-bond donors (Lipinski definition) is 1. The van der Waals surface area contributed by atoms with E-state index in [0.717, 1.165) is 11.3 Å². The first kappa shape index (κ1) is 14.2. The molecule has 4 nitrogen and oxygen atoms in total. The van der Waals surface area contributed by atoms with E-state index in [-0.39, 0.29) is 5.91 Å². The minimum atomic E-state index is -0.951. The molecule has 0 saturated heterocycles. The zero-order valence-electron chi connectivity index (χ0n) is 11.2. The number of aliphatic carboxylic acids is 1. The number of rotatable bonds is 4. The fraction of sp³-hybridized carbons (Fsp3) is 0.429. The van der Waals surface area contributed by atoms with Gasteiger partial charge in [-0.15, -0.1) is 0 Å². The van der Waals surface area contributed by atoms with Crippen LogP contribution in [0.5, 0.6) is 0 Å². The number of carboxylic acid groups (broad SMARTS) is 1. The molecule has 0 bridgehead atoms. The Kier molecular flexibility index (Phi) is 4.48. The second kappa shape index (κ2) is 5.67. The largest absolute Gasteiger partial charge is 0.481 e. The number of nitrogens with zero attached hydrogens (tertiary/aromatic N) is 1. The lowest BCUT2D eigenvalue weighted by atomic mass is 9.94. The first-order valence-corrected chi connectivity index (χ1v) is 5.91. The lowest BCUT2D eigenvalue weighted by molar-refractivity contribution is -0.145. The van der Waals surface area contributed by atoms with Crippen molar-refractivity contribution < 1.29 is 14.7 Å². The number of carbonyl (C=O) groups excluding carboxylic acids is 1. The summed E-state index contributed by atoms with van der Waals surface area (Å²) in [6.45, 7) is 5.17. The fourth-order valence-corrected chi connectivity index (χ4v) is 1.63. The number of amides is 1. The van der Waals surface area contributed by atoms with Gasteiger partial charge in [-0.3, -0.25) is 9.59 Å². The highest BCUT2D eigenvalue weighted by atomic mass is 16.4. The van der Waals surface area contributed by atoms with Gasteiger partial charge in [0.25, 0.3) is 0 Å². The number of carboxylic acids is 1. The highest BCUT2D eigenvalue weighted by Gasteiger charge is 2.28. The monoisotopic (exact) mass is 249 g/mol. The number of aryl methyl sites for hydroxylation is 1. The Morgan fingerprint density at radius 3 is 2.06 bits per heavy atom. The second-order valence-electron chi connectivity index (χ2n) is 4.65. The van der Waals surface area contributed by atoms with Gasteiger partial charge >= 0.3 is 5.97 Å². The minimum absolute atomic E-state index is 0.186. The Bertz CT molecular complexity index is 439. The van der Waals surface area contributed by atoms with E-state index in [1.165, 1.54) is 4.90 Å². The Morgan fingerprint density at radius 1 is 1.11 bits per heavy atom. The molecule has 0 aliphatic carbocycles. The van der Waals surface area contributed by atoms with Crippen LogP contribution in [0.3, 0.4) is 0 Å². The highest BCUT2D eigenvalue weighted by molar-refractivity contribution is 5.96. The molecule has 0 saturated carbocycles. The average Bonchev–Trinajstić information content (AvgIpc) is 2.36. The Balaban J connectivity index is 2.84. The molecule has 1 aromatic carbocycles. The van der Waals surface area contributed by atoms with Crippen LogP contribution >= 0.6 is 0 Å². The number of carbonyl (C=O) groups is 2. The second-order valence-corrected chi connectivity index (χ2v) is 4.65. The molecule has 2 unspecified atom stereocenters. The molecule has 1 aromatic rings. The zero-order valence-corrected chi connectivity index (χ0v) is 11.2. The number of hydrogen-bond acceptors (Lipinski definition) is 2. The van der Waals surface area contributed by atoms with Gasteiger partial charge in [-0.1, -0.05) is 31.5 Å². The summed E-state index contributed by atoms with van der Waals surface area (Å²) in [7, 11) is 1.66. The van der Waals surface area contributed by atoms with Crippen molar-refractivity contribution in [2.24, 2.45) is 11.8 Å². The van der Waals surface area contributed by atoms with Crippen molar-refractivity contribution in [1.29, 1.82) is 0 Å². The molecule has 18 heavy (non-hydrogen) atoms. The Labute approximate surface area is 107 Å². The van der Waals surface area contributed by atoms with Crippen molar-refractivity contribution in [1.82, 2.24) is 0 Å². The summed E-state index contributed by atoms with van der Waals surface area (Å²) >= 11 is 0. The van der Waals surface area contributed by atoms with Gasteiger partial charge in [0.2, 0.25) is 5.91 Å². The maximum Gasteiger partial charge on any atom is 0.307 e. The smallest absolute Gasteiger partial charge is 0.307 e. The van der Waals surface area contributed by atoms with Gasteiger partial charge in [0.15, 0.2) is 0 Å². The summed E-state index contributed by atoms with van der Waals surface area (Å²) in [6, 6.07) is 7.55. The molecule has 1 N–H and O–H groups in total. The van der Waals surface area contributed by atoms with Gasteiger partial charge in [0.1, 0.15) is 0 Å². The SMILES string of the molecule is Cc1ccc(N(C)C(=O)C(C)C(C)C(=O)O)cc1. The van der Waals surface area contributed by atoms with E-state index in [9.17, 15) is 9.59 Å². The van der Waals surface area contributed by atoms with Crippen molar-refractivity contribution in [3.05, 3.63) is 29.8 Å². The fourth-order valence-electron chi connectivity index (χ4n) is 1.63. The predicted molar refractivity (Wildman–Crippen MR) is 70.6 cm³/mol. The summed E-state index contributed by atoms with van der Waals surface area (Å²) in [5, 5.41) is 8.92. The third kappa shape index (κ3) is 3.09. The van der Waals surface area contributed by atoms with Crippen molar-refractivity contribution in [2.45, 2.75) is 20.8 Å². The molecule has 0 heterocycles. The molecule has 2 atom stereocenters. The lowest BCUT2D eigenvalue weighted by Gasteiger charge is -2.23. The van der Waals surface area contributed by atoms with Crippen LogP contribution in [-0.4, -0.2) is 24.0 Å². The molecule has 0 radical (unpaired) electrons. The van der Waals surface area contributed by atoms with E-state index < -0.39 is 17.8 Å². The van der Waals surface area contributed by atoms with Crippen molar-refractivity contribution in [3.63, 3.8) is 0 Å². The standard InChI is InChI=1S/C14H19NO3/c1-9-5-7-12(8-6-9)15(4)13(16)10(2)11(3)14(17)18/h5-8,10-11H,1-4H3,(H,17,18). The maximum absolute atomic E-state index is 12.1. The Hall–Kier alpha value is -1.84. The van der Waals surface area contributed by atoms with Crippen molar-refractivity contribution in [3.8, 4) is 0 Å². The van der Waals surface area contributed by atoms with Gasteiger partial charge in [-0.25, -0.2) is 0 Å². The van der Waals surface area contributed by atoms with E-state index in [1.807, 2.05) is 31.2 Å². The van der Waals surface area contributed by atoms with Crippen LogP contribution in [0.25, 0.3) is 0 Å². The molecule has 0 aliphatic rings. The van der Waals surface area contributed by atoms with Gasteiger partial charge in [-0.05, 0) is 19.1 Å². The van der Waals surface area contributed by atoms with Crippen LogP contribution in [0.1, 0.15) is 19.4 Å². The van der Waals surface area contributed by atoms with E-state index in [0.29, 0.717) is 0 Å². The predicted octanol–water partition coefficient (Wildman–Crippen LogP) is 2.31. The molecule has 1 amide bonds. The maximum atomic E-state index is 12.1. The first-order chi connectivity index (χ1) is 8.34. The molecule has 98 valence electrons. The third-order valence-corrected chi connectivity index (χ3v) is 3.28. The quantitative estimate of drug-likeness (QED) is 0.890. The number of benzene rings is 1. The normalized spacial score (nSPS) is 13.8. The summed E-state index contributed by atoms with van der Waals surface area (Å²) in [5.41, 5.74) is 1.89. The molecule has 0 aliphatic heterocycles. The summed E-state index contributed by atoms with van der Waals surface area (Å²) in [5.74, 6) is -2.37. The third-order valence-electron chi connectivity index (χ3n) is 3.28. The van der Waals surface area contributed by atoms with Crippen molar-refractivity contribution >= 4 is 17.6 Å². The Morgan fingerprint density at radius 2 is 1.61 bits per heavy atom. The van der Waals surface area contributed by atoms with Crippen LogP contribution in [0.15, 0.2) is 24.3 Å². The van der Waals surface area contributed by atoms with E-state index in [2.05, 4.69) is 0 Å². The first-order valence-electron chi connectivity index (χ1n) is 5.91. The van der Waals surface area contributed by atoms with E-state index in [1.54, 1.807) is 20.9 Å². The molecular weight excluding hydrogens is 230 g/mol. The molecule has 0 aromatic heterocycles. The average molecular weight is 249 g/mol. The van der Waals surface area contributed by atoms with Crippen LogP contribution in [-0.2, 0) is 9.59 Å². The van der Waals surface area contributed by atoms with Crippen LogP contribution < -0.4 is 4.90 Å².